The summed E-state index contributed by atoms with van der Waals surface area (Å²) in [6.45, 7) is 4.50. The Morgan fingerprint density at radius 3 is 2.64 bits per heavy atom. The van der Waals surface area contributed by atoms with Crippen LogP contribution < -0.4 is 4.90 Å². The molecule has 5 aromatic rings. The number of alkyl halides is 3. The van der Waals surface area contributed by atoms with E-state index in [-0.39, 0.29) is 6.04 Å². The average molecular weight is 493 g/mol. The Morgan fingerprint density at radius 1 is 1.00 bits per heavy atom. The molecule has 0 spiro atoms. The van der Waals surface area contributed by atoms with Gasteiger partial charge in [-0.15, -0.1) is 10.2 Å². The fourth-order valence-electron chi connectivity index (χ4n) is 4.84. The summed E-state index contributed by atoms with van der Waals surface area (Å²) >= 11 is 0. The molecule has 6 rings (SSSR count). The van der Waals surface area contributed by atoms with Crippen molar-refractivity contribution in [3.63, 3.8) is 0 Å². The van der Waals surface area contributed by atoms with Crippen molar-refractivity contribution in [1.82, 2.24) is 24.5 Å². The number of nitrogens with zero attached hydrogens (tertiary/aromatic N) is 6. The molecule has 3 aromatic heterocycles. The van der Waals surface area contributed by atoms with E-state index >= 15 is 0 Å². The van der Waals surface area contributed by atoms with Crippen molar-refractivity contribution in [3.8, 4) is 11.6 Å². The van der Waals surface area contributed by atoms with Gasteiger partial charge in [0.25, 0.3) is 0 Å². The molecule has 0 radical (unpaired) electrons. The van der Waals surface area contributed by atoms with Gasteiger partial charge in [0, 0.05) is 37.6 Å². The minimum Gasteiger partial charge on any atom is -0.461 e. The molecule has 7 nitrogen and oxygen atoms in total. The molecule has 1 atom stereocenters. The number of furan rings is 1. The van der Waals surface area contributed by atoms with E-state index in [1.807, 2.05) is 34.7 Å². The van der Waals surface area contributed by atoms with Crippen molar-refractivity contribution < 1.29 is 17.6 Å². The Balaban J connectivity index is 1.32. The first-order valence-corrected chi connectivity index (χ1v) is 11.7. The number of benzene rings is 2. The Kier molecular flexibility index (Phi) is 5.40. The van der Waals surface area contributed by atoms with Crippen LogP contribution in [0, 0.1) is 0 Å². The molecule has 1 unspecified atom stereocenters. The molecule has 2 aromatic carbocycles. The van der Waals surface area contributed by atoms with E-state index in [1.54, 1.807) is 18.4 Å². The maximum atomic E-state index is 13.2. The van der Waals surface area contributed by atoms with Crippen LogP contribution in [0.15, 0.2) is 71.3 Å². The molecule has 0 saturated carbocycles. The molecule has 10 heteroatoms. The SMILES string of the molecule is CC1CN(c2nc3ccccc3c3nnc(-c4ccco4)n23)CCN1Cc1cccc(C(F)(F)F)c1. The topological polar surface area (TPSA) is 62.7 Å². The van der Waals surface area contributed by atoms with Gasteiger partial charge in [-0.05, 0) is 42.8 Å². The summed E-state index contributed by atoms with van der Waals surface area (Å²) in [5, 5.41) is 9.76. The van der Waals surface area contributed by atoms with Gasteiger partial charge in [-0.25, -0.2) is 9.38 Å². The highest BCUT2D eigenvalue weighted by atomic mass is 19.4. The number of hydrogen-bond acceptors (Lipinski definition) is 6. The molecule has 4 heterocycles. The van der Waals surface area contributed by atoms with E-state index < -0.39 is 11.7 Å². The molecule has 0 aliphatic carbocycles. The number of aromatic nitrogens is 4. The van der Waals surface area contributed by atoms with Crippen LogP contribution in [0.5, 0.6) is 0 Å². The van der Waals surface area contributed by atoms with Gasteiger partial charge in [-0.1, -0.05) is 30.3 Å². The highest BCUT2D eigenvalue weighted by Crippen LogP contribution is 2.31. The minimum absolute atomic E-state index is 0.0835. The maximum Gasteiger partial charge on any atom is 0.416 e. The summed E-state index contributed by atoms with van der Waals surface area (Å²) in [7, 11) is 0. The summed E-state index contributed by atoms with van der Waals surface area (Å²) in [5.41, 5.74) is 1.54. The third-order valence-electron chi connectivity index (χ3n) is 6.66. The molecule has 1 saturated heterocycles. The highest BCUT2D eigenvalue weighted by molar-refractivity contribution is 5.93. The number of rotatable bonds is 4. The van der Waals surface area contributed by atoms with Crippen molar-refractivity contribution in [2.24, 2.45) is 0 Å². The molecule has 0 amide bonds. The molecule has 1 fully saturated rings. The van der Waals surface area contributed by atoms with Crippen LogP contribution in [0.3, 0.4) is 0 Å². The van der Waals surface area contributed by atoms with Gasteiger partial charge in [0.2, 0.25) is 11.8 Å². The molecule has 1 aliphatic rings. The molecule has 184 valence electrons. The van der Waals surface area contributed by atoms with E-state index in [2.05, 4.69) is 26.9 Å². The first kappa shape index (κ1) is 22.5. The van der Waals surface area contributed by atoms with E-state index in [4.69, 9.17) is 9.40 Å². The normalized spacial score (nSPS) is 17.3. The number of para-hydroxylation sites is 1. The van der Waals surface area contributed by atoms with Crippen LogP contribution in [0.1, 0.15) is 18.1 Å². The molecule has 36 heavy (non-hydrogen) atoms. The lowest BCUT2D eigenvalue weighted by Crippen LogP contribution is -2.52. The molecular weight excluding hydrogens is 469 g/mol. The van der Waals surface area contributed by atoms with Crippen molar-refractivity contribution >= 4 is 22.5 Å². The lowest BCUT2D eigenvalue weighted by Gasteiger charge is -2.40. The van der Waals surface area contributed by atoms with Gasteiger partial charge in [-0.3, -0.25) is 4.90 Å². The quantitative estimate of drug-likeness (QED) is 0.341. The van der Waals surface area contributed by atoms with Crippen LogP contribution in [0.4, 0.5) is 19.1 Å². The first-order chi connectivity index (χ1) is 17.4. The second-order valence-corrected chi connectivity index (χ2v) is 9.05. The summed E-state index contributed by atoms with van der Waals surface area (Å²) in [5.74, 6) is 1.88. The van der Waals surface area contributed by atoms with E-state index in [0.29, 0.717) is 54.9 Å². The van der Waals surface area contributed by atoms with Gasteiger partial charge in [0.15, 0.2) is 11.4 Å². The van der Waals surface area contributed by atoms with E-state index in [0.717, 1.165) is 17.0 Å². The van der Waals surface area contributed by atoms with Crippen molar-refractivity contribution in [1.29, 1.82) is 0 Å². The second-order valence-electron chi connectivity index (χ2n) is 9.05. The lowest BCUT2D eigenvalue weighted by molar-refractivity contribution is -0.137. The van der Waals surface area contributed by atoms with Crippen LogP contribution in [0.2, 0.25) is 0 Å². The van der Waals surface area contributed by atoms with Gasteiger partial charge in [0.1, 0.15) is 0 Å². The molecule has 0 N–H and O–H groups in total. The Labute approximate surface area is 204 Å². The lowest BCUT2D eigenvalue weighted by atomic mass is 10.1. The van der Waals surface area contributed by atoms with Gasteiger partial charge in [0.05, 0.1) is 17.3 Å². The summed E-state index contributed by atoms with van der Waals surface area (Å²) in [6, 6.07) is 17.1. The van der Waals surface area contributed by atoms with E-state index in [1.165, 1.54) is 12.1 Å². The highest BCUT2D eigenvalue weighted by Gasteiger charge is 2.32. The van der Waals surface area contributed by atoms with Crippen molar-refractivity contribution in [2.75, 3.05) is 24.5 Å². The summed E-state index contributed by atoms with van der Waals surface area (Å²) in [6.07, 6.45) is -2.75. The third-order valence-corrected chi connectivity index (χ3v) is 6.66. The van der Waals surface area contributed by atoms with Gasteiger partial charge >= 0.3 is 6.18 Å². The Hall–Kier alpha value is -3.92. The van der Waals surface area contributed by atoms with Gasteiger partial charge in [-0.2, -0.15) is 13.2 Å². The van der Waals surface area contributed by atoms with Crippen molar-refractivity contribution in [2.45, 2.75) is 25.7 Å². The zero-order chi connectivity index (χ0) is 24.9. The Morgan fingerprint density at radius 2 is 1.86 bits per heavy atom. The predicted molar refractivity (Wildman–Crippen MR) is 130 cm³/mol. The van der Waals surface area contributed by atoms with Crippen molar-refractivity contribution in [3.05, 3.63) is 78.1 Å². The summed E-state index contributed by atoms with van der Waals surface area (Å²) < 4.78 is 47.0. The van der Waals surface area contributed by atoms with E-state index in [9.17, 15) is 13.2 Å². The number of hydrogen-bond donors (Lipinski definition) is 0. The zero-order valence-corrected chi connectivity index (χ0v) is 19.5. The maximum absolute atomic E-state index is 13.2. The Bertz CT molecular complexity index is 1530. The monoisotopic (exact) mass is 492 g/mol. The third kappa shape index (κ3) is 3.97. The van der Waals surface area contributed by atoms with Gasteiger partial charge < -0.3 is 9.32 Å². The number of piperazine rings is 1. The van der Waals surface area contributed by atoms with Crippen LogP contribution in [0.25, 0.3) is 28.1 Å². The molecule has 0 bridgehead atoms. The predicted octanol–water partition coefficient (Wildman–Crippen LogP) is 5.27. The zero-order valence-electron chi connectivity index (χ0n) is 19.5. The minimum atomic E-state index is -4.35. The standard InChI is InChI=1S/C26H23F3N6O/c1-17-15-34(12-11-33(17)16-18-6-4-7-19(14-18)26(27,28)29)25-30-21-9-3-2-8-20(21)23-31-32-24(35(23)25)22-10-5-13-36-22/h2-10,13-14,17H,11-12,15-16H2,1H3. The first-order valence-electron chi connectivity index (χ1n) is 11.7. The summed E-state index contributed by atoms with van der Waals surface area (Å²) in [4.78, 5) is 9.36. The number of fused-ring (bicyclic) bond motifs is 3. The fraction of sp³-hybridized carbons (Fsp3) is 0.269. The van der Waals surface area contributed by atoms with Crippen LogP contribution in [-0.4, -0.2) is 50.2 Å². The smallest absolute Gasteiger partial charge is 0.416 e. The molecular formula is C26H23F3N6O. The van der Waals surface area contributed by atoms with Crippen LogP contribution in [-0.2, 0) is 12.7 Å². The largest absolute Gasteiger partial charge is 0.461 e. The van der Waals surface area contributed by atoms with Crippen LogP contribution >= 0.6 is 0 Å². The number of anilines is 1. The average Bonchev–Trinajstić information content (AvgIpc) is 3.55. The number of halogens is 3. The second kappa shape index (κ2) is 8.63. The fourth-order valence-corrected chi connectivity index (χ4v) is 4.84. The molecule has 1 aliphatic heterocycles.